The van der Waals surface area contributed by atoms with Gasteiger partial charge in [0, 0.05) is 18.7 Å². The van der Waals surface area contributed by atoms with Crippen LogP contribution in [0.1, 0.15) is 35.8 Å². The van der Waals surface area contributed by atoms with Crippen molar-refractivity contribution in [3.05, 3.63) is 33.6 Å². The number of morpholine rings is 1. The molecule has 2 aliphatic rings. The second-order valence-corrected chi connectivity index (χ2v) is 6.68. The SMILES string of the molecule is Nc1nc2c(c(N3CCOC(c4ccsc4)C3)n1)CCCC2. The van der Waals surface area contributed by atoms with Crippen molar-refractivity contribution in [1.82, 2.24) is 9.97 Å². The summed E-state index contributed by atoms with van der Waals surface area (Å²) in [7, 11) is 0. The fraction of sp³-hybridized carbons (Fsp3) is 0.500. The Kier molecular flexibility index (Phi) is 3.72. The fourth-order valence-electron chi connectivity index (χ4n) is 3.36. The Balaban J connectivity index is 1.65. The summed E-state index contributed by atoms with van der Waals surface area (Å²) in [6, 6.07) is 2.14. The van der Waals surface area contributed by atoms with Gasteiger partial charge in [0.25, 0.3) is 0 Å². The van der Waals surface area contributed by atoms with Gasteiger partial charge in [-0.05, 0) is 48.1 Å². The zero-order chi connectivity index (χ0) is 14.9. The van der Waals surface area contributed by atoms with Crippen molar-refractivity contribution in [2.24, 2.45) is 0 Å². The van der Waals surface area contributed by atoms with Gasteiger partial charge in [0.2, 0.25) is 5.95 Å². The van der Waals surface area contributed by atoms with E-state index in [1.54, 1.807) is 11.3 Å². The molecule has 0 amide bonds. The number of aromatic nitrogens is 2. The molecule has 1 aliphatic carbocycles. The zero-order valence-electron chi connectivity index (χ0n) is 12.5. The molecule has 0 saturated carbocycles. The number of anilines is 2. The first kappa shape index (κ1) is 14.0. The van der Waals surface area contributed by atoms with Crippen LogP contribution in [0.5, 0.6) is 0 Å². The second kappa shape index (κ2) is 5.85. The van der Waals surface area contributed by atoms with Gasteiger partial charge in [-0.1, -0.05) is 0 Å². The van der Waals surface area contributed by atoms with Crippen LogP contribution in [0.25, 0.3) is 0 Å². The molecule has 1 saturated heterocycles. The highest BCUT2D eigenvalue weighted by molar-refractivity contribution is 7.07. The lowest BCUT2D eigenvalue weighted by molar-refractivity contribution is 0.0397. The number of hydrogen-bond acceptors (Lipinski definition) is 6. The van der Waals surface area contributed by atoms with Gasteiger partial charge in [-0.15, -0.1) is 0 Å². The number of nitrogen functional groups attached to an aromatic ring is 1. The van der Waals surface area contributed by atoms with E-state index in [-0.39, 0.29) is 6.10 Å². The molecule has 0 bridgehead atoms. The molecule has 0 aromatic carbocycles. The predicted molar refractivity (Wildman–Crippen MR) is 88.3 cm³/mol. The van der Waals surface area contributed by atoms with Gasteiger partial charge in [0.1, 0.15) is 11.9 Å². The molecular formula is C16H20N4OS. The van der Waals surface area contributed by atoms with Crippen molar-refractivity contribution < 1.29 is 4.74 Å². The van der Waals surface area contributed by atoms with Crippen LogP contribution < -0.4 is 10.6 Å². The molecule has 2 aromatic heterocycles. The minimum absolute atomic E-state index is 0.121. The minimum atomic E-state index is 0.121. The van der Waals surface area contributed by atoms with Gasteiger partial charge in [0.15, 0.2) is 0 Å². The normalized spacial score (nSPS) is 21.6. The largest absolute Gasteiger partial charge is 0.370 e. The summed E-state index contributed by atoms with van der Waals surface area (Å²) >= 11 is 1.71. The summed E-state index contributed by atoms with van der Waals surface area (Å²) in [5.74, 6) is 1.43. The molecule has 1 fully saturated rings. The van der Waals surface area contributed by atoms with E-state index in [0.717, 1.165) is 44.0 Å². The lowest BCUT2D eigenvalue weighted by Gasteiger charge is -2.35. The van der Waals surface area contributed by atoms with Gasteiger partial charge in [-0.3, -0.25) is 0 Å². The number of thiophene rings is 1. The van der Waals surface area contributed by atoms with Crippen LogP contribution in [0.4, 0.5) is 11.8 Å². The fourth-order valence-corrected chi connectivity index (χ4v) is 4.06. The molecule has 0 radical (unpaired) electrons. The Morgan fingerprint density at radius 3 is 3.05 bits per heavy atom. The standard InChI is InChI=1S/C16H20N4OS/c17-16-18-13-4-2-1-3-12(13)15(19-16)20-6-7-21-14(9-20)11-5-8-22-10-11/h5,8,10,14H,1-4,6-7,9H2,(H2,17,18,19). The van der Waals surface area contributed by atoms with Crippen molar-refractivity contribution in [3.8, 4) is 0 Å². The number of nitrogens with zero attached hydrogens (tertiary/aromatic N) is 3. The topological polar surface area (TPSA) is 64.3 Å². The highest BCUT2D eigenvalue weighted by atomic mass is 32.1. The molecule has 2 N–H and O–H groups in total. The highest BCUT2D eigenvalue weighted by Crippen LogP contribution is 2.32. The number of fused-ring (bicyclic) bond motifs is 1. The molecular weight excluding hydrogens is 296 g/mol. The van der Waals surface area contributed by atoms with Crippen LogP contribution in [-0.2, 0) is 17.6 Å². The summed E-state index contributed by atoms with van der Waals surface area (Å²) in [5, 5.41) is 4.26. The number of rotatable bonds is 2. The van der Waals surface area contributed by atoms with E-state index in [1.165, 1.54) is 24.0 Å². The Bertz CT molecular complexity index is 658. The van der Waals surface area contributed by atoms with Crippen molar-refractivity contribution >= 4 is 23.1 Å². The maximum absolute atomic E-state index is 5.94. The smallest absolute Gasteiger partial charge is 0.222 e. The Hall–Kier alpha value is -1.66. The molecule has 22 heavy (non-hydrogen) atoms. The molecule has 3 heterocycles. The third-order valence-electron chi connectivity index (χ3n) is 4.46. The van der Waals surface area contributed by atoms with Crippen LogP contribution in [-0.4, -0.2) is 29.7 Å². The third kappa shape index (κ3) is 2.57. The van der Waals surface area contributed by atoms with Crippen LogP contribution in [0.2, 0.25) is 0 Å². The summed E-state index contributed by atoms with van der Waals surface area (Å²) in [5.41, 5.74) is 9.64. The Labute approximate surface area is 134 Å². The lowest BCUT2D eigenvalue weighted by Crippen LogP contribution is -2.39. The first-order chi connectivity index (χ1) is 10.8. The summed E-state index contributed by atoms with van der Waals surface area (Å²) in [6.45, 7) is 2.42. The van der Waals surface area contributed by atoms with E-state index < -0.39 is 0 Å². The maximum atomic E-state index is 5.94. The van der Waals surface area contributed by atoms with E-state index in [1.807, 2.05) is 0 Å². The first-order valence-electron chi connectivity index (χ1n) is 7.85. The monoisotopic (exact) mass is 316 g/mol. The number of hydrogen-bond donors (Lipinski definition) is 1. The molecule has 2 aromatic rings. The van der Waals surface area contributed by atoms with Crippen molar-refractivity contribution in [2.45, 2.75) is 31.8 Å². The number of aryl methyl sites for hydroxylation is 1. The summed E-state index contributed by atoms with van der Waals surface area (Å²) in [6.07, 6.45) is 4.61. The van der Waals surface area contributed by atoms with Gasteiger partial charge >= 0.3 is 0 Å². The van der Waals surface area contributed by atoms with E-state index >= 15 is 0 Å². The number of nitrogens with two attached hydrogens (primary N) is 1. The van der Waals surface area contributed by atoms with E-state index in [9.17, 15) is 0 Å². The quantitative estimate of drug-likeness (QED) is 0.922. The Morgan fingerprint density at radius 1 is 1.27 bits per heavy atom. The maximum Gasteiger partial charge on any atom is 0.222 e. The average molecular weight is 316 g/mol. The van der Waals surface area contributed by atoms with Crippen molar-refractivity contribution in [2.75, 3.05) is 30.3 Å². The molecule has 5 nitrogen and oxygen atoms in total. The lowest BCUT2D eigenvalue weighted by atomic mass is 9.96. The molecule has 1 unspecified atom stereocenters. The van der Waals surface area contributed by atoms with E-state index in [4.69, 9.17) is 10.5 Å². The zero-order valence-corrected chi connectivity index (χ0v) is 13.3. The number of ether oxygens (including phenoxy) is 1. The molecule has 4 rings (SSSR count). The van der Waals surface area contributed by atoms with Gasteiger partial charge in [0.05, 0.1) is 12.3 Å². The molecule has 1 atom stereocenters. The average Bonchev–Trinajstić information content (AvgIpc) is 3.09. The van der Waals surface area contributed by atoms with Crippen LogP contribution in [0, 0.1) is 0 Å². The molecule has 6 heteroatoms. The predicted octanol–water partition coefficient (Wildman–Crippen LogP) is 2.58. The van der Waals surface area contributed by atoms with E-state index in [0.29, 0.717) is 5.95 Å². The molecule has 0 spiro atoms. The minimum Gasteiger partial charge on any atom is -0.370 e. The molecule has 1 aliphatic heterocycles. The second-order valence-electron chi connectivity index (χ2n) is 5.90. The summed E-state index contributed by atoms with van der Waals surface area (Å²) < 4.78 is 5.94. The van der Waals surface area contributed by atoms with Crippen molar-refractivity contribution in [3.63, 3.8) is 0 Å². The summed E-state index contributed by atoms with van der Waals surface area (Å²) in [4.78, 5) is 11.3. The Morgan fingerprint density at radius 2 is 2.18 bits per heavy atom. The van der Waals surface area contributed by atoms with E-state index in [2.05, 4.69) is 31.7 Å². The van der Waals surface area contributed by atoms with Gasteiger partial charge in [-0.25, -0.2) is 4.98 Å². The van der Waals surface area contributed by atoms with Crippen LogP contribution >= 0.6 is 11.3 Å². The third-order valence-corrected chi connectivity index (χ3v) is 5.16. The first-order valence-corrected chi connectivity index (χ1v) is 8.79. The highest BCUT2D eigenvalue weighted by Gasteiger charge is 2.27. The van der Waals surface area contributed by atoms with Crippen LogP contribution in [0.3, 0.4) is 0 Å². The van der Waals surface area contributed by atoms with Gasteiger partial charge < -0.3 is 15.4 Å². The van der Waals surface area contributed by atoms with Gasteiger partial charge in [-0.2, -0.15) is 16.3 Å². The van der Waals surface area contributed by atoms with Crippen LogP contribution in [0.15, 0.2) is 16.8 Å². The molecule has 116 valence electrons. The van der Waals surface area contributed by atoms with Crippen molar-refractivity contribution in [1.29, 1.82) is 0 Å².